The monoisotopic (exact) mass is 367 g/mol. The highest BCUT2D eigenvalue weighted by atomic mass is 32.2. The Morgan fingerprint density at radius 3 is 2.64 bits per heavy atom. The Hall–Kier alpha value is -1.67. The summed E-state index contributed by atoms with van der Waals surface area (Å²) in [5, 5.41) is 6.70. The van der Waals surface area contributed by atoms with Gasteiger partial charge in [-0.15, -0.1) is 0 Å². The first-order valence-corrected chi connectivity index (χ1v) is 10.4. The fraction of sp³-hybridized carbons (Fsp3) is 0.647. The molecule has 1 aromatic rings. The fourth-order valence-electron chi connectivity index (χ4n) is 2.82. The Bertz CT molecular complexity index is 665. The molecule has 7 nitrogen and oxygen atoms in total. The Labute approximate surface area is 151 Å². The summed E-state index contributed by atoms with van der Waals surface area (Å²) in [7, 11) is -1.32. The van der Waals surface area contributed by atoms with E-state index in [2.05, 4.69) is 26.7 Å². The summed E-state index contributed by atoms with van der Waals surface area (Å²) in [4.78, 5) is 8.56. The van der Waals surface area contributed by atoms with E-state index in [-0.39, 0.29) is 11.8 Å². The summed E-state index contributed by atoms with van der Waals surface area (Å²) in [6, 6.07) is 4.35. The van der Waals surface area contributed by atoms with Crippen molar-refractivity contribution in [1.82, 2.24) is 19.9 Å². The van der Waals surface area contributed by atoms with Crippen molar-refractivity contribution in [1.29, 1.82) is 0 Å². The molecule has 1 aromatic heterocycles. The average Bonchev–Trinajstić information content (AvgIpc) is 2.63. The van der Waals surface area contributed by atoms with Crippen LogP contribution in [0.5, 0.6) is 0 Å². The van der Waals surface area contributed by atoms with Crippen LogP contribution in [0.4, 0.5) is 0 Å². The van der Waals surface area contributed by atoms with E-state index in [0.29, 0.717) is 13.1 Å². The first kappa shape index (κ1) is 19.7. The van der Waals surface area contributed by atoms with Crippen molar-refractivity contribution in [2.75, 3.05) is 32.4 Å². The normalized spacial score (nSPS) is 17.5. The van der Waals surface area contributed by atoms with Crippen LogP contribution >= 0.6 is 0 Å². The molecule has 0 atom stereocenters. The molecule has 0 aliphatic carbocycles. The minimum absolute atomic E-state index is 0.169. The standard InChI is InChI=1S/C17H29N5O2S/c1-4-25(23,24)22-11-8-16(9-12-22)21-17(18-3)19-10-7-15-6-5-14(2)20-13-15/h5-6,13,16H,4,7-12H2,1-3H3,(H2,18,19,21). The molecule has 140 valence electrons. The van der Waals surface area contributed by atoms with Crippen LogP contribution in [0.15, 0.2) is 23.3 Å². The summed E-state index contributed by atoms with van der Waals surface area (Å²) in [5.74, 6) is 0.930. The van der Waals surface area contributed by atoms with Gasteiger partial charge in [0.2, 0.25) is 10.0 Å². The lowest BCUT2D eigenvalue weighted by atomic mass is 10.1. The van der Waals surface area contributed by atoms with Gasteiger partial charge in [-0.1, -0.05) is 6.07 Å². The van der Waals surface area contributed by atoms with Crippen LogP contribution in [-0.2, 0) is 16.4 Å². The second-order valence-electron chi connectivity index (χ2n) is 6.28. The van der Waals surface area contributed by atoms with Gasteiger partial charge in [-0.3, -0.25) is 9.98 Å². The number of sulfonamides is 1. The second kappa shape index (κ2) is 9.15. The largest absolute Gasteiger partial charge is 0.356 e. The molecule has 0 spiro atoms. The molecule has 1 saturated heterocycles. The van der Waals surface area contributed by atoms with Gasteiger partial charge in [0.25, 0.3) is 0 Å². The van der Waals surface area contributed by atoms with Crippen molar-refractivity contribution < 1.29 is 8.42 Å². The summed E-state index contributed by atoms with van der Waals surface area (Å²) >= 11 is 0. The number of pyridine rings is 1. The molecule has 0 aromatic carbocycles. The lowest BCUT2D eigenvalue weighted by Crippen LogP contribution is -2.50. The number of aromatic nitrogens is 1. The zero-order valence-electron chi connectivity index (χ0n) is 15.3. The van der Waals surface area contributed by atoms with Crippen LogP contribution < -0.4 is 10.6 Å². The highest BCUT2D eigenvalue weighted by molar-refractivity contribution is 7.89. The van der Waals surface area contributed by atoms with Gasteiger partial charge >= 0.3 is 0 Å². The van der Waals surface area contributed by atoms with E-state index < -0.39 is 10.0 Å². The number of piperidine rings is 1. The molecule has 1 fully saturated rings. The van der Waals surface area contributed by atoms with Crippen molar-refractivity contribution in [3.63, 3.8) is 0 Å². The van der Waals surface area contributed by atoms with E-state index in [9.17, 15) is 8.42 Å². The van der Waals surface area contributed by atoms with Crippen LogP contribution in [0, 0.1) is 6.92 Å². The van der Waals surface area contributed by atoms with Crippen molar-refractivity contribution in [2.24, 2.45) is 4.99 Å². The molecule has 1 aliphatic heterocycles. The molecule has 2 N–H and O–H groups in total. The molecule has 0 saturated carbocycles. The maximum atomic E-state index is 11.9. The van der Waals surface area contributed by atoms with E-state index in [1.165, 1.54) is 5.56 Å². The zero-order valence-corrected chi connectivity index (χ0v) is 16.1. The average molecular weight is 368 g/mol. The van der Waals surface area contributed by atoms with Gasteiger partial charge in [-0.25, -0.2) is 12.7 Å². The SMILES string of the molecule is CCS(=O)(=O)N1CCC(NC(=NC)NCCc2ccc(C)nc2)CC1. The number of nitrogens with zero attached hydrogens (tertiary/aromatic N) is 3. The third-order valence-corrected chi connectivity index (χ3v) is 6.34. The molecular formula is C17H29N5O2S. The smallest absolute Gasteiger partial charge is 0.213 e. The van der Waals surface area contributed by atoms with Gasteiger partial charge in [0.05, 0.1) is 5.75 Å². The van der Waals surface area contributed by atoms with Crippen LogP contribution in [0.25, 0.3) is 0 Å². The maximum absolute atomic E-state index is 11.9. The molecule has 0 unspecified atom stereocenters. The van der Waals surface area contributed by atoms with Crippen molar-refractivity contribution in [3.8, 4) is 0 Å². The van der Waals surface area contributed by atoms with Crippen molar-refractivity contribution in [3.05, 3.63) is 29.6 Å². The highest BCUT2D eigenvalue weighted by Crippen LogP contribution is 2.14. The van der Waals surface area contributed by atoms with Gasteiger partial charge in [-0.05, 0) is 44.7 Å². The van der Waals surface area contributed by atoms with Crippen LogP contribution in [0.1, 0.15) is 31.0 Å². The van der Waals surface area contributed by atoms with Gasteiger partial charge in [-0.2, -0.15) is 0 Å². The zero-order chi connectivity index (χ0) is 18.3. The number of aryl methyl sites for hydroxylation is 1. The summed E-state index contributed by atoms with van der Waals surface area (Å²) in [6.07, 6.45) is 4.36. The topological polar surface area (TPSA) is 86.7 Å². The summed E-state index contributed by atoms with van der Waals surface area (Å²) in [5.41, 5.74) is 2.21. The molecule has 0 radical (unpaired) electrons. The second-order valence-corrected chi connectivity index (χ2v) is 8.53. The number of aliphatic imine (C=N–C) groups is 1. The predicted molar refractivity (Wildman–Crippen MR) is 101 cm³/mol. The maximum Gasteiger partial charge on any atom is 0.213 e. The number of hydrogen-bond acceptors (Lipinski definition) is 4. The molecule has 0 amide bonds. The van der Waals surface area contributed by atoms with Crippen LogP contribution in [0.3, 0.4) is 0 Å². The molecule has 0 bridgehead atoms. The highest BCUT2D eigenvalue weighted by Gasteiger charge is 2.26. The Balaban J connectivity index is 1.74. The number of hydrogen-bond donors (Lipinski definition) is 2. The summed E-state index contributed by atoms with van der Waals surface area (Å²) < 4.78 is 25.4. The third kappa shape index (κ3) is 5.97. The third-order valence-electron chi connectivity index (χ3n) is 4.46. The predicted octanol–water partition coefficient (Wildman–Crippen LogP) is 0.912. The number of rotatable bonds is 6. The quantitative estimate of drug-likeness (QED) is 0.577. The van der Waals surface area contributed by atoms with Crippen LogP contribution in [-0.4, -0.2) is 62.1 Å². The number of nitrogens with one attached hydrogen (secondary N) is 2. The van der Waals surface area contributed by atoms with Crippen LogP contribution in [0.2, 0.25) is 0 Å². The molecular weight excluding hydrogens is 338 g/mol. The van der Waals surface area contributed by atoms with E-state index in [0.717, 1.165) is 37.5 Å². The molecule has 2 rings (SSSR count). The lowest BCUT2D eigenvalue weighted by molar-refractivity contribution is 0.306. The van der Waals surface area contributed by atoms with E-state index >= 15 is 0 Å². The Morgan fingerprint density at radius 2 is 2.08 bits per heavy atom. The molecule has 2 heterocycles. The minimum atomic E-state index is -3.07. The van der Waals surface area contributed by atoms with Gasteiger partial charge < -0.3 is 10.6 Å². The van der Waals surface area contributed by atoms with Crippen molar-refractivity contribution >= 4 is 16.0 Å². The first-order valence-electron chi connectivity index (χ1n) is 8.81. The Morgan fingerprint density at radius 1 is 1.36 bits per heavy atom. The number of guanidine groups is 1. The Kier molecular flexibility index (Phi) is 7.19. The van der Waals surface area contributed by atoms with Gasteiger partial charge in [0.15, 0.2) is 5.96 Å². The first-order chi connectivity index (χ1) is 11.9. The van der Waals surface area contributed by atoms with E-state index in [1.807, 2.05) is 19.2 Å². The van der Waals surface area contributed by atoms with E-state index in [1.54, 1.807) is 18.3 Å². The van der Waals surface area contributed by atoms with Crippen molar-refractivity contribution in [2.45, 2.75) is 39.2 Å². The molecule has 8 heteroatoms. The minimum Gasteiger partial charge on any atom is -0.356 e. The van der Waals surface area contributed by atoms with Gasteiger partial charge in [0.1, 0.15) is 0 Å². The lowest BCUT2D eigenvalue weighted by Gasteiger charge is -2.32. The molecule has 25 heavy (non-hydrogen) atoms. The summed E-state index contributed by atoms with van der Waals surface area (Å²) in [6.45, 7) is 5.58. The van der Waals surface area contributed by atoms with Gasteiger partial charge in [0, 0.05) is 44.6 Å². The van der Waals surface area contributed by atoms with E-state index in [4.69, 9.17) is 0 Å². The molecule has 1 aliphatic rings. The fourth-order valence-corrected chi connectivity index (χ4v) is 3.95.